The van der Waals surface area contributed by atoms with Gasteiger partial charge in [0.25, 0.3) is 0 Å². The number of nitrogens with one attached hydrogen (secondary N) is 1. The third kappa shape index (κ3) is 3.78. The minimum atomic E-state index is -0.272. The van der Waals surface area contributed by atoms with Crippen molar-refractivity contribution >= 4 is 0 Å². The molecule has 0 bridgehead atoms. The fourth-order valence-electron chi connectivity index (χ4n) is 2.39. The Balaban J connectivity index is 1.49. The molecule has 2 heterocycles. The van der Waals surface area contributed by atoms with E-state index >= 15 is 0 Å². The third-order valence-corrected chi connectivity index (χ3v) is 3.54. The summed E-state index contributed by atoms with van der Waals surface area (Å²) in [5.41, 5.74) is 0. The average molecular weight is 291 g/mol. The van der Waals surface area contributed by atoms with E-state index in [1.165, 1.54) is 12.1 Å². The molecule has 0 radical (unpaired) electrons. The molecule has 1 saturated heterocycles. The van der Waals surface area contributed by atoms with E-state index in [2.05, 4.69) is 15.5 Å². The first-order chi connectivity index (χ1) is 10.3. The molecule has 0 unspecified atom stereocenters. The van der Waals surface area contributed by atoms with Crippen LogP contribution in [0.4, 0.5) is 4.39 Å². The largest absolute Gasteiger partial charge is 0.493 e. The summed E-state index contributed by atoms with van der Waals surface area (Å²) in [6.07, 6.45) is 2.79. The summed E-state index contributed by atoms with van der Waals surface area (Å²) in [7, 11) is 0. The number of aromatic nitrogens is 2. The molecule has 1 aromatic heterocycles. The SMILES string of the molecule is Fc1ccc(OCCc2noc([C@@H]3CCCNC3)n2)cc1. The first kappa shape index (κ1) is 14.0. The molecule has 1 atom stereocenters. The van der Waals surface area contributed by atoms with Crippen LogP contribution in [0.1, 0.15) is 30.5 Å². The van der Waals surface area contributed by atoms with Gasteiger partial charge in [0.15, 0.2) is 5.82 Å². The van der Waals surface area contributed by atoms with Gasteiger partial charge in [-0.2, -0.15) is 4.98 Å². The molecule has 2 aromatic rings. The molecule has 1 aromatic carbocycles. The van der Waals surface area contributed by atoms with Crippen molar-refractivity contribution in [1.82, 2.24) is 15.5 Å². The van der Waals surface area contributed by atoms with Crippen LogP contribution >= 0.6 is 0 Å². The third-order valence-electron chi connectivity index (χ3n) is 3.54. The lowest BCUT2D eigenvalue weighted by Gasteiger charge is -2.18. The Morgan fingerprint density at radius 1 is 1.33 bits per heavy atom. The number of benzene rings is 1. The molecular weight excluding hydrogens is 273 g/mol. The van der Waals surface area contributed by atoms with Gasteiger partial charge in [-0.25, -0.2) is 4.39 Å². The molecule has 6 heteroatoms. The minimum absolute atomic E-state index is 0.272. The van der Waals surface area contributed by atoms with Gasteiger partial charge in [0.05, 0.1) is 12.5 Å². The molecule has 0 amide bonds. The highest BCUT2D eigenvalue weighted by atomic mass is 19.1. The van der Waals surface area contributed by atoms with Crippen LogP contribution in [0.3, 0.4) is 0 Å². The zero-order chi connectivity index (χ0) is 14.5. The Kier molecular flexibility index (Phi) is 4.45. The Bertz CT molecular complexity index is 565. The fraction of sp³-hybridized carbons (Fsp3) is 0.467. The lowest BCUT2D eigenvalue weighted by molar-refractivity contribution is 0.306. The maximum Gasteiger partial charge on any atom is 0.231 e. The number of hydrogen-bond donors (Lipinski definition) is 1. The molecular formula is C15H18FN3O2. The maximum absolute atomic E-state index is 12.8. The molecule has 1 fully saturated rings. The second kappa shape index (κ2) is 6.67. The number of hydrogen-bond acceptors (Lipinski definition) is 5. The number of nitrogens with zero attached hydrogens (tertiary/aromatic N) is 2. The summed E-state index contributed by atoms with van der Waals surface area (Å²) in [6, 6.07) is 5.95. The minimum Gasteiger partial charge on any atom is -0.493 e. The van der Waals surface area contributed by atoms with E-state index in [0.717, 1.165) is 25.9 Å². The molecule has 3 rings (SSSR count). The number of piperidine rings is 1. The van der Waals surface area contributed by atoms with Gasteiger partial charge in [0.1, 0.15) is 11.6 Å². The zero-order valence-corrected chi connectivity index (χ0v) is 11.7. The summed E-state index contributed by atoms with van der Waals surface area (Å²) < 4.78 is 23.6. The van der Waals surface area contributed by atoms with E-state index in [1.54, 1.807) is 12.1 Å². The van der Waals surface area contributed by atoms with Gasteiger partial charge in [-0.3, -0.25) is 0 Å². The van der Waals surface area contributed by atoms with Crippen LogP contribution in [-0.4, -0.2) is 29.8 Å². The zero-order valence-electron chi connectivity index (χ0n) is 11.7. The smallest absolute Gasteiger partial charge is 0.231 e. The summed E-state index contributed by atoms with van der Waals surface area (Å²) in [5, 5.41) is 7.31. The van der Waals surface area contributed by atoms with Crippen molar-refractivity contribution in [2.24, 2.45) is 0 Å². The predicted octanol–water partition coefficient (Wildman–Crippen LogP) is 2.30. The highest BCUT2D eigenvalue weighted by Gasteiger charge is 2.21. The van der Waals surface area contributed by atoms with Gasteiger partial charge in [0, 0.05) is 13.0 Å². The van der Waals surface area contributed by atoms with Crippen LogP contribution in [-0.2, 0) is 6.42 Å². The Morgan fingerprint density at radius 2 is 2.19 bits per heavy atom. The van der Waals surface area contributed by atoms with Gasteiger partial charge in [0.2, 0.25) is 5.89 Å². The second-order valence-corrected chi connectivity index (χ2v) is 5.14. The summed E-state index contributed by atoms with van der Waals surface area (Å²) in [5.74, 6) is 2.04. The van der Waals surface area contributed by atoms with E-state index in [4.69, 9.17) is 9.26 Å². The molecule has 5 nitrogen and oxygen atoms in total. The lowest BCUT2D eigenvalue weighted by atomic mass is 10.00. The van der Waals surface area contributed by atoms with E-state index in [9.17, 15) is 4.39 Å². The molecule has 1 N–H and O–H groups in total. The van der Waals surface area contributed by atoms with E-state index < -0.39 is 0 Å². The Morgan fingerprint density at radius 3 is 2.95 bits per heavy atom. The Hall–Kier alpha value is -1.95. The average Bonchev–Trinajstić information content (AvgIpc) is 2.99. The van der Waals surface area contributed by atoms with E-state index in [0.29, 0.717) is 36.4 Å². The van der Waals surface area contributed by atoms with E-state index in [-0.39, 0.29) is 5.82 Å². The Labute approximate surface area is 122 Å². The molecule has 21 heavy (non-hydrogen) atoms. The topological polar surface area (TPSA) is 60.2 Å². The summed E-state index contributed by atoms with van der Waals surface area (Å²) in [4.78, 5) is 4.42. The molecule has 1 aliphatic heterocycles. The quantitative estimate of drug-likeness (QED) is 0.916. The summed E-state index contributed by atoms with van der Waals surface area (Å²) >= 11 is 0. The highest BCUT2D eigenvalue weighted by Crippen LogP contribution is 2.21. The lowest BCUT2D eigenvalue weighted by Crippen LogP contribution is -2.28. The van der Waals surface area contributed by atoms with Crippen molar-refractivity contribution in [2.45, 2.75) is 25.2 Å². The van der Waals surface area contributed by atoms with Crippen molar-refractivity contribution in [3.8, 4) is 5.75 Å². The van der Waals surface area contributed by atoms with Gasteiger partial charge < -0.3 is 14.6 Å². The number of ether oxygens (including phenoxy) is 1. The van der Waals surface area contributed by atoms with Gasteiger partial charge >= 0.3 is 0 Å². The molecule has 1 aliphatic rings. The first-order valence-electron chi connectivity index (χ1n) is 7.23. The van der Waals surface area contributed by atoms with Crippen LogP contribution in [0.2, 0.25) is 0 Å². The highest BCUT2D eigenvalue weighted by molar-refractivity contribution is 5.22. The van der Waals surface area contributed by atoms with E-state index in [1.807, 2.05) is 0 Å². The van der Waals surface area contributed by atoms with Crippen LogP contribution < -0.4 is 10.1 Å². The summed E-state index contributed by atoms with van der Waals surface area (Å²) in [6.45, 7) is 2.39. The molecule has 112 valence electrons. The van der Waals surface area contributed by atoms with Gasteiger partial charge in [-0.1, -0.05) is 5.16 Å². The first-order valence-corrected chi connectivity index (χ1v) is 7.23. The van der Waals surface area contributed by atoms with Crippen LogP contribution in [0.5, 0.6) is 5.75 Å². The fourth-order valence-corrected chi connectivity index (χ4v) is 2.39. The van der Waals surface area contributed by atoms with Gasteiger partial charge in [-0.05, 0) is 43.7 Å². The standard InChI is InChI=1S/C15H18FN3O2/c16-12-3-5-13(6-4-12)20-9-7-14-18-15(21-19-14)11-2-1-8-17-10-11/h3-6,11,17H,1-2,7-10H2/t11-/m1/s1. The second-order valence-electron chi connectivity index (χ2n) is 5.14. The van der Waals surface area contributed by atoms with Crippen molar-refractivity contribution in [2.75, 3.05) is 19.7 Å². The van der Waals surface area contributed by atoms with Crippen molar-refractivity contribution < 1.29 is 13.7 Å². The van der Waals surface area contributed by atoms with Gasteiger partial charge in [-0.15, -0.1) is 0 Å². The monoisotopic (exact) mass is 291 g/mol. The molecule has 0 aliphatic carbocycles. The molecule has 0 spiro atoms. The molecule has 0 saturated carbocycles. The van der Waals surface area contributed by atoms with Crippen LogP contribution in [0.15, 0.2) is 28.8 Å². The van der Waals surface area contributed by atoms with Crippen LogP contribution in [0.25, 0.3) is 0 Å². The predicted molar refractivity (Wildman–Crippen MR) is 74.7 cm³/mol. The number of halogens is 1. The van der Waals surface area contributed by atoms with Crippen molar-refractivity contribution in [3.63, 3.8) is 0 Å². The van der Waals surface area contributed by atoms with Crippen molar-refractivity contribution in [1.29, 1.82) is 0 Å². The normalized spacial score (nSPS) is 18.6. The maximum atomic E-state index is 12.8. The number of rotatable bonds is 5. The van der Waals surface area contributed by atoms with Crippen molar-refractivity contribution in [3.05, 3.63) is 41.8 Å². The van der Waals surface area contributed by atoms with Crippen LogP contribution in [0, 0.1) is 5.82 Å².